The van der Waals surface area contributed by atoms with E-state index in [0.29, 0.717) is 17.9 Å². The molecule has 0 saturated carbocycles. The van der Waals surface area contributed by atoms with Gasteiger partial charge in [0.1, 0.15) is 11.5 Å². The lowest BCUT2D eigenvalue weighted by Crippen LogP contribution is -2.23. The SMILES string of the molecule is Cc1oc(C)c(C(=O)NCc2cnc[nH]2)c1C. The second-order valence-electron chi connectivity index (χ2n) is 3.97. The third kappa shape index (κ3) is 2.22. The molecule has 0 atom stereocenters. The molecule has 5 nitrogen and oxygen atoms in total. The zero-order valence-electron chi connectivity index (χ0n) is 10.1. The molecule has 2 heterocycles. The van der Waals surface area contributed by atoms with E-state index in [4.69, 9.17) is 4.42 Å². The van der Waals surface area contributed by atoms with E-state index >= 15 is 0 Å². The predicted molar refractivity (Wildman–Crippen MR) is 62.7 cm³/mol. The van der Waals surface area contributed by atoms with Gasteiger partial charge in [0.05, 0.1) is 24.1 Å². The molecule has 0 aliphatic carbocycles. The first-order valence-corrected chi connectivity index (χ1v) is 5.41. The minimum atomic E-state index is -0.119. The van der Waals surface area contributed by atoms with Gasteiger partial charge in [-0.15, -0.1) is 0 Å². The largest absolute Gasteiger partial charge is 0.466 e. The molecule has 0 aromatic carbocycles. The standard InChI is InChI=1S/C12H15N3O2/c1-7-8(2)17-9(3)11(7)12(16)14-5-10-4-13-6-15-10/h4,6H,5H2,1-3H3,(H,13,15)(H,14,16). The molecule has 1 amide bonds. The number of H-pyrrole nitrogens is 1. The molecular formula is C12H15N3O2. The van der Waals surface area contributed by atoms with Gasteiger partial charge in [0.15, 0.2) is 0 Å². The molecule has 0 unspecified atom stereocenters. The van der Waals surface area contributed by atoms with E-state index in [1.807, 2.05) is 13.8 Å². The Morgan fingerprint density at radius 1 is 1.41 bits per heavy atom. The molecule has 90 valence electrons. The highest BCUT2D eigenvalue weighted by atomic mass is 16.3. The second-order valence-corrected chi connectivity index (χ2v) is 3.97. The van der Waals surface area contributed by atoms with Crippen molar-refractivity contribution in [2.24, 2.45) is 0 Å². The normalized spacial score (nSPS) is 10.5. The van der Waals surface area contributed by atoms with Gasteiger partial charge in [-0.3, -0.25) is 4.79 Å². The Balaban J connectivity index is 2.10. The van der Waals surface area contributed by atoms with Crippen LogP contribution in [0.15, 0.2) is 16.9 Å². The van der Waals surface area contributed by atoms with Crippen LogP contribution in [0.25, 0.3) is 0 Å². The van der Waals surface area contributed by atoms with Crippen molar-refractivity contribution >= 4 is 5.91 Å². The summed E-state index contributed by atoms with van der Waals surface area (Å²) >= 11 is 0. The molecule has 0 spiro atoms. The van der Waals surface area contributed by atoms with Gasteiger partial charge in [0, 0.05) is 11.8 Å². The Morgan fingerprint density at radius 3 is 2.71 bits per heavy atom. The summed E-state index contributed by atoms with van der Waals surface area (Å²) in [6.45, 7) is 5.97. The number of nitrogens with zero attached hydrogens (tertiary/aromatic N) is 1. The molecular weight excluding hydrogens is 218 g/mol. The maximum Gasteiger partial charge on any atom is 0.255 e. The van der Waals surface area contributed by atoms with Gasteiger partial charge in [0.2, 0.25) is 0 Å². The smallest absolute Gasteiger partial charge is 0.255 e. The number of furan rings is 1. The molecule has 0 bridgehead atoms. The zero-order valence-corrected chi connectivity index (χ0v) is 10.1. The number of aryl methyl sites for hydroxylation is 2. The molecule has 0 saturated heterocycles. The average Bonchev–Trinajstić information content (AvgIpc) is 2.86. The highest BCUT2D eigenvalue weighted by Gasteiger charge is 2.18. The van der Waals surface area contributed by atoms with E-state index < -0.39 is 0 Å². The molecule has 0 aliphatic rings. The van der Waals surface area contributed by atoms with Gasteiger partial charge in [-0.2, -0.15) is 0 Å². The van der Waals surface area contributed by atoms with E-state index in [1.165, 1.54) is 0 Å². The van der Waals surface area contributed by atoms with E-state index in [1.54, 1.807) is 19.4 Å². The summed E-state index contributed by atoms with van der Waals surface area (Å²) in [4.78, 5) is 18.8. The van der Waals surface area contributed by atoms with Crippen LogP contribution in [0.3, 0.4) is 0 Å². The zero-order chi connectivity index (χ0) is 12.4. The van der Waals surface area contributed by atoms with Gasteiger partial charge in [-0.1, -0.05) is 0 Å². The third-order valence-corrected chi connectivity index (χ3v) is 2.78. The fourth-order valence-corrected chi connectivity index (χ4v) is 1.77. The van der Waals surface area contributed by atoms with E-state index in [0.717, 1.165) is 17.0 Å². The number of aromatic nitrogens is 2. The van der Waals surface area contributed by atoms with Crippen LogP contribution in [0.4, 0.5) is 0 Å². The summed E-state index contributed by atoms with van der Waals surface area (Å²) < 4.78 is 5.42. The molecule has 0 fully saturated rings. The summed E-state index contributed by atoms with van der Waals surface area (Å²) in [6, 6.07) is 0. The fraction of sp³-hybridized carbons (Fsp3) is 0.333. The van der Waals surface area contributed by atoms with Crippen molar-refractivity contribution in [1.82, 2.24) is 15.3 Å². The maximum absolute atomic E-state index is 12.0. The maximum atomic E-state index is 12.0. The first-order valence-electron chi connectivity index (χ1n) is 5.41. The van der Waals surface area contributed by atoms with E-state index in [2.05, 4.69) is 15.3 Å². The first kappa shape index (κ1) is 11.4. The lowest BCUT2D eigenvalue weighted by Gasteiger charge is -2.03. The fourth-order valence-electron chi connectivity index (χ4n) is 1.77. The molecule has 2 N–H and O–H groups in total. The van der Waals surface area contributed by atoms with Crippen LogP contribution in [0.1, 0.15) is 33.1 Å². The minimum absolute atomic E-state index is 0.119. The number of aromatic amines is 1. The first-order chi connectivity index (χ1) is 8.09. The van der Waals surface area contributed by atoms with Crippen LogP contribution in [-0.4, -0.2) is 15.9 Å². The van der Waals surface area contributed by atoms with Crippen molar-refractivity contribution in [2.75, 3.05) is 0 Å². The molecule has 2 rings (SSSR count). The van der Waals surface area contributed by atoms with Crippen molar-refractivity contribution in [2.45, 2.75) is 27.3 Å². The summed E-state index contributed by atoms with van der Waals surface area (Å²) in [6.07, 6.45) is 3.26. The van der Waals surface area contributed by atoms with Crippen LogP contribution in [0, 0.1) is 20.8 Å². The third-order valence-electron chi connectivity index (χ3n) is 2.78. The number of rotatable bonds is 3. The Bertz CT molecular complexity index is 526. The number of nitrogens with one attached hydrogen (secondary N) is 2. The van der Waals surface area contributed by atoms with Crippen LogP contribution in [-0.2, 0) is 6.54 Å². The summed E-state index contributed by atoms with van der Waals surface area (Å²) in [7, 11) is 0. The summed E-state index contributed by atoms with van der Waals surface area (Å²) in [5, 5.41) is 2.83. The van der Waals surface area contributed by atoms with Gasteiger partial charge in [-0.05, 0) is 20.8 Å². The average molecular weight is 233 g/mol. The number of carbonyl (C=O) groups is 1. The molecule has 2 aromatic heterocycles. The number of amides is 1. The number of carbonyl (C=O) groups excluding carboxylic acids is 1. The quantitative estimate of drug-likeness (QED) is 0.850. The van der Waals surface area contributed by atoms with Crippen LogP contribution in [0.2, 0.25) is 0 Å². The number of hydrogen-bond donors (Lipinski definition) is 2. The highest BCUT2D eigenvalue weighted by molar-refractivity contribution is 5.96. The molecule has 2 aromatic rings. The number of hydrogen-bond acceptors (Lipinski definition) is 3. The van der Waals surface area contributed by atoms with E-state index in [9.17, 15) is 4.79 Å². The Morgan fingerprint density at radius 2 is 2.18 bits per heavy atom. The monoisotopic (exact) mass is 233 g/mol. The van der Waals surface area contributed by atoms with Crippen molar-refractivity contribution < 1.29 is 9.21 Å². The molecule has 0 aliphatic heterocycles. The van der Waals surface area contributed by atoms with Crippen LogP contribution in [0.5, 0.6) is 0 Å². The van der Waals surface area contributed by atoms with E-state index in [-0.39, 0.29) is 5.91 Å². The number of imidazole rings is 1. The van der Waals surface area contributed by atoms with Crippen LogP contribution < -0.4 is 5.32 Å². The van der Waals surface area contributed by atoms with Crippen molar-refractivity contribution in [3.8, 4) is 0 Å². The Kier molecular flexibility index (Phi) is 2.99. The lowest BCUT2D eigenvalue weighted by molar-refractivity contribution is 0.0948. The summed E-state index contributed by atoms with van der Waals surface area (Å²) in [5.74, 6) is 1.32. The van der Waals surface area contributed by atoms with Crippen LogP contribution >= 0.6 is 0 Å². The topological polar surface area (TPSA) is 70.9 Å². The van der Waals surface area contributed by atoms with Gasteiger partial charge < -0.3 is 14.7 Å². The molecule has 5 heteroatoms. The molecule has 0 radical (unpaired) electrons. The Labute approximate surface area is 99.2 Å². The highest BCUT2D eigenvalue weighted by Crippen LogP contribution is 2.20. The van der Waals surface area contributed by atoms with Gasteiger partial charge in [0.25, 0.3) is 5.91 Å². The predicted octanol–water partition coefficient (Wildman–Crippen LogP) is 1.86. The van der Waals surface area contributed by atoms with Crippen molar-refractivity contribution in [3.05, 3.63) is 40.9 Å². The Hall–Kier alpha value is -2.04. The minimum Gasteiger partial charge on any atom is -0.466 e. The van der Waals surface area contributed by atoms with Gasteiger partial charge in [-0.25, -0.2) is 4.98 Å². The molecule has 17 heavy (non-hydrogen) atoms. The van der Waals surface area contributed by atoms with Gasteiger partial charge >= 0.3 is 0 Å². The van der Waals surface area contributed by atoms with Crippen molar-refractivity contribution in [1.29, 1.82) is 0 Å². The lowest BCUT2D eigenvalue weighted by atomic mass is 10.1. The summed E-state index contributed by atoms with van der Waals surface area (Å²) in [5.41, 5.74) is 2.39. The second kappa shape index (κ2) is 4.45. The van der Waals surface area contributed by atoms with Crippen molar-refractivity contribution in [3.63, 3.8) is 0 Å².